The molecule has 0 saturated carbocycles. The van der Waals surface area contributed by atoms with Crippen molar-refractivity contribution in [3.05, 3.63) is 22.5 Å². The smallest absolute Gasteiger partial charge is 0.246 e. The molecule has 1 fully saturated rings. The molecule has 1 N–H and O–H groups in total. The molecular weight excluding hydrogens is 264 g/mol. The fraction of sp³-hybridized carbons (Fsp3) is 0.538. The molecule has 1 aromatic heterocycles. The van der Waals surface area contributed by atoms with Crippen molar-refractivity contribution in [1.82, 2.24) is 20.0 Å². The lowest BCUT2D eigenvalue weighted by Crippen LogP contribution is -2.50. The van der Waals surface area contributed by atoms with Crippen molar-refractivity contribution < 1.29 is 4.79 Å². The summed E-state index contributed by atoms with van der Waals surface area (Å²) in [5.41, 5.74) is 1.63. The highest BCUT2D eigenvalue weighted by atomic mass is 35.5. The second-order valence-electron chi connectivity index (χ2n) is 4.89. The predicted octanol–water partition coefficient (Wildman–Crippen LogP) is 1.22. The summed E-state index contributed by atoms with van der Waals surface area (Å²) in [6, 6.07) is 0.342. The van der Waals surface area contributed by atoms with E-state index in [9.17, 15) is 4.79 Å². The molecule has 104 valence electrons. The zero-order chi connectivity index (χ0) is 14.0. The Morgan fingerprint density at radius 3 is 2.89 bits per heavy atom. The number of nitrogens with zero attached hydrogens (tertiary/aromatic N) is 3. The van der Waals surface area contributed by atoms with Gasteiger partial charge in [0.25, 0.3) is 0 Å². The van der Waals surface area contributed by atoms with E-state index in [-0.39, 0.29) is 5.91 Å². The minimum atomic E-state index is 0.0210. The van der Waals surface area contributed by atoms with Crippen LogP contribution in [-0.4, -0.2) is 46.3 Å². The molecule has 1 aromatic rings. The maximum atomic E-state index is 12.1. The fourth-order valence-electron chi connectivity index (χ4n) is 2.23. The summed E-state index contributed by atoms with van der Waals surface area (Å²) >= 11 is 6.12. The van der Waals surface area contributed by atoms with Crippen LogP contribution in [0.2, 0.25) is 5.15 Å². The minimum Gasteiger partial charge on any atom is -0.336 e. The third kappa shape index (κ3) is 3.16. The lowest BCUT2D eigenvalue weighted by molar-refractivity contribution is -0.127. The summed E-state index contributed by atoms with van der Waals surface area (Å²) in [5, 5.41) is 8.07. The van der Waals surface area contributed by atoms with Gasteiger partial charge >= 0.3 is 0 Å². The lowest BCUT2D eigenvalue weighted by Gasteiger charge is -2.31. The molecule has 0 radical (unpaired) electrons. The number of rotatable bonds is 2. The molecule has 6 heteroatoms. The number of hydrogen-bond acceptors (Lipinski definition) is 3. The molecule has 0 aromatic carbocycles. The lowest BCUT2D eigenvalue weighted by atomic mass is 10.2. The fourth-order valence-corrected chi connectivity index (χ4v) is 2.47. The number of carbonyl (C=O) groups is 1. The second-order valence-corrected chi connectivity index (χ2v) is 5.24. The van der Waals surface area contributed by atoms with E-state index in [1.807, 2.05) is 11.8 Å². The SMILES string of the molecule is Cc1nn(C)c(Cl)c1C=CC(=O)N1CCNC(C)C1. The van der Waals surface area contributed by atoms with E-state index in [4.69, 9.17) is 11.6 Å². The Morgan fingerprint density at radius 2 is 2.32 bits per heavy atom. The number of amides is 1. The maximum absolute atomic E-state index is 12.1. The molecule has 0 aliphatic carbocycles. The molecule has 1 aliphatic rings. The zero-order valence-corrected chi connectivity index (χ0v) is 12.2. The molecule has 2 rings (SSSR count). The number of piperazine rings is 1. The summed E-state index contributed by atoms with van der Waals surface area (Å²) in [7, 11) is 1.78. The number of aromatic nitrogens is 2. The maximum Gasteiger partial charge on any atom is 0.246 e. The molecule has 0 bridgehead atoms. The van der Waals surface area contributed by atoms with Gasteiger partial charge in [0.05, 0.1) is 5.69 Å². The Kier molecular flexibility index (Phi) is 4.27. The molecule has 19 heavy (non-hydrogen) atoms. The molecule has 0 spiro atoms. The van der Waals surface area contributed by atoms with Crippen molar-refractivity contribution in [2.24, 2.45) is 7.05 Å². The van der Waals surface area contributed by atoms with Gasteiger partial charge in [-0.2, -0.15) is 5.10 Å². The van der Waals surface area contributed by atoms with E-state index in [2.05, 4.69) is 17.3 Å². The average molecular weight is 283 g/mol. The number of aryl methyl sites for hydroxylation is 2. The molecule has 1 atom stereocenters. The highest BCUT2D eigenvalue weighted by molar-refractivity contribution is 6.31. The Labute approximate surface area is 118 Å². The van der Waals surface area contributed by atoms with Crippen LogP contribution in [0.3, 0.4) is 0 Å². The number of nitrogens with one attached hydrogen (secondary N) is 1. The van der Waals surface area contributed by atoms with Crippen LogP contribution in [0.4, 0.5) is 0 Å². The molecular formula is C13H19ClN4O. The third-order valence-corrected chi connectivity index (χ3v) is 3.72. The van der Waals surface area contributed by atoms with Gasteiger partial charge in [-0.15, -0.1) is 0 Å². The Morgan fingerprint density at radius 1 is 1.58 bits per heavy atom. The molecule has 1 unspecified atom stereocenters. The average Bonchev–Trinajstić information content (AvgIpc) is 2.61. The van der Waals surface area contributed by atoms with Crippen molar-refractivity contribution >= 4 is 23.6 Å². The largest absolute Gasteiger partial charge is 0.336 e. The number of hydrogen-bond donors (Lipinski definition) is 1. The van der Waals surface area contributed by atoms with Crippen LogP contribution >= 0.6 is 11.6 Å². The van der Waals surface area contributed by atoms with Gasteiger partial charge in [0, 0.05) is 44.4 Å². The summed E-state index contributed by atoms with van der Waals surface area (Å²) < 4.78 is 1.61. The Balaban J connectivity index is 2.07. The number of carbonyl (C=O) groups excluding carboxylic acids is 1. The van der Waals surface area contributed by atoms with Gasteiger partial charge in [0.2, 0.25) is 5.91 Å². The quantitative estimate of drug-likeness (QED) is 0.830. The van der Waals surface area contributed by atoms with Crippen LogP contribution < -0.4 is 5.32 Å². The summed E-state index contributed by atoms with van der Waals surface area (Å²) in [6.45, 7) is 6.28. The van der Waals surface area contributed by atoms with Gasteiger partial charge in [0.1, 0.15) is 5.15 Å². The van der Waals surface area contributed by atoms with Crippen molar-refractivity contribution in [3.63, 3.8) is 0 Å². The van der Waals surface area contributed by atoms with Crippen LogP contribution in [0.15, 0.2) is 6.08 Å². The van der Waals surface area contributed by atoms with E-state index < -0.39 is 0 Å². The molecule has 1 saturated heterocycles. The van der Waals surface area contributed by atoms with Crippen molar-refractivity contribution in [3.8, 4) is 0 Å². The first-order chi connectivity index (χ1) is 8.99. The van der Waals surface area contributed by atoms with Gasteiger partial charge < -0.3 is 10.2 Å². The predicted molar refractivity (Wildman–Crippen MR) is 76.0 cm³/mol. The molecule has 1 aliphatic heterocycles. The second kappa shape index (κ2) is 5.75. The van der Waals surface area contributed by atoms with Crippen molar-refractivity contribution in [1.29, 1.82) is 0 Å². The summed E-state index contributed by atoms with van der Waals surface area (Å²) in [4.78, 5) is 13.9. The first-order valence-electron chi connectivity index (χ1n) is 6.38. The van der Waals surface area contributed by atoms with Crippen LogP contribution in [-0.2, 0) is 11.8 Å². The normalized spacial score (nSPS) is 20.2. The topological polar surface area (TPSA) is 50.2 Å². The van der Waals surface area contributed by atoms with Gasteiger partial charge in [-0.05, 0) is 19.9 Å². The van der Waals surface area contributed by atoms with Crippen LogP contribution in [0.1, 0.15) is 18.2 Å². The van der Waals surface area contributed by atoms with Crippen LogP contribution in [0.5, 0.6) is 0 Å². The van der Waals surface area contributed by atoms with Crippen molar-refractivity contribution in [2.45, 2.75) is 19.9 Å². The van der Waals surface area contributed by atoms with E-state index in [0.29, 0.717) is 11.2 Å². The van der Waals surface area contributed by atoms with Crippen molar-refractivity contribution in [2.75, 3.05) is 19.6 Å². The summed E-state index contributed by atoms with van der Waals surface area (Å²) in [5.74, 6) is 0.0210. The van der Waals surface area contributed by atoms with E-state index in [0.717, 1.165) is 30.9 Å². The molecule has 1 amide bonds. The Bertz CT molecular complexity index is 509. The van der Waals surface area contributed by atoms with Gasteiger partial charge in [-0.3, -0.25) is 9.48 Å². The Hall–Kier alpha value is -1.33. The van der Waals surface area contributed by atoms with Gasteiger partial charge in [-0.1, -0.05) is 11.6 Å². The summed E-state index contributed by atoms with van der Waals surface area (Å²) in [6.07, 6.45) is 3.33. The van der Waals surface area contributed by atoms with Gasteiger partial charge in [-0.25, -0.2) is 0 Å². The van der Waals surface area contributed by atoms with E-state index in [1.165, 1.54) is 0 Å². The molecule has 2 heterocycles. The number of halogens is 1. The third-order valence-electron chi connectivity index (χ3n) is 3.27. The highest BCUT2D eigenvalue weighted by Crippen LogP contribution is 2.20. The standard InChI is InChI=1S/C13H19ClN4O/c1-9-8-18(7-6-15-9)12(19)5-4-11-10(2)16-17(3)13(11)14/h4-5,9,15H,6-8H2,1-3H3. The monoisotopic (exact) mass is 282 g/mol. The van der Waals surface area contributed by atoms with Crippen LogP contribution in [0.25, 0.3) is 6.08 Å². The van der Waals surface area contributed by atoms with Gasteiger partial charge in [0.15, 0.2) is 0 Å². The highest BCUT2D eigenvalue weighted by Gasteiger charge is 2.18. The minimum absolute atomic E-state index is 0.0210. The van der Waals surface area contributed by atoms with Crippen LogP contribution in [0, 0.1) is 6.92 Å². The van der Waals surface area contributed by atoms with E-state index in [1.54, 1.807) is 23.9 Å². The first kappa shape index (κ1) is 14.1. The zero-order valence-electron chi connectivity index (χ0n) is 11.5. The first-order valence-corrected chi connectivity index (χ1v) is 6.76. The molecule has 5 nitrogen and oxygen atoms in total. The van der Waals surface area contributed by atoms with E-state index >= 15 is 0 Å².